The smallest absolute Gasteiger partial charge is 0.119 e. The van der Waals surface area contributed by atoms with E-state index in [2.05, 4.69) is 15.9 Å². The highest BCUT2D eigenvalue weighted by Crippen LogP contribution is 2.16. The van der Waals surface area contributed by atoms with Gasteiger partial charge in [-0.2, -0.15) is 0 Å². The molecule has 0 aliphatic heterocycles. The van der Waals surface area contributed by atoms with Crippen molar-refractivity contribution >= 4 is 15.9 Å². The molecule has 0 saturated heterocycles. The maximum Gasteiger partial charge on any atom is 0.119 e. The molecule has 94 valence electrons. The largest absolute Gasteiger partial charge is 0.493 e. The summed E-state index contributed by atoms with van der Waals surface area (Å²) in [6.07, 6.45) is 0.863. The van der Waals surface area contributed by atoms with Crippen molar-refractivity contribution in [2.45, 2.75) is 13.0 Å². The van der Waals surface area contributed by atoms with Gasteiger partial charge in [0, 0.05) is 10.9 Å². The number of hydrogen-bond acceptors (Lipinski definition) is 2. The Hall–Kier alpha value is -1.32. The summed E-state index contributed by atoms with van der Waals surface area (Å²) in [5.74, 6) is 0.880. The fourth-order valence-corrected chi connectivity index (χ4v) is 1.89. The summed E-state index contributed by atoms with van der Waals surface area (Å²) in [6, 6.07) is 15.7. The molecule has 0 atom stereocenters. The molecule has 2 aromatic carbocycles. The predicted octanol–water partition coefficient (Wildman–Crippen LogP) is 3.56. The van der Waals surface area contributed by atoms with E-state index in [1.54, 1.807) is 0 Å². The highest BCUT2D eigenvalue weighted by molar-refractivity contribution is 9.10. The lowest BCUT2D eigenvalue weighted by Crippen LogP contribution is -2.01. The predicted molar refractivity (Wildman–Crippen MR) is 75.7 cm³/mol. The standard InChI is InChI=1S/C15H15BrO2/c16-14-5-7-15(8-6-14)18-10-9-12-1-3-13(11-17)4-2-12/h1-8,17H,9-11H2. The van der Waals surface area contributed by atoms with Gasteiger partial charge in [-0.15, -0.1) is 0 Å². The molecule has 0 heterocycles. The highest BCUT2D eigenvalue weighted by atomic mass is 79.9. The quantitative estimate of drug-likeness (QED) is 0.915. The monoisotopic (exact) mass is 306 g/mol. The summed E-state index contributed by atoms with van der Waals surface area (Å²) in [7, 11) is 0. The average Bonchev–Trinajstić information content (AvgIpc) is 2.42. The van der Waals surface area contributed by atoms with Crippen molar-refractivity contribution in [3.63, 3.8) is 0 Å². The number of rotatable bonds is 5. The van der Waals surface area contributed by atoms with Gasteiger partial charge in [-0.05, 0) is 35.4 Å². The molecule has 0 fully saturated rings. The van der Waals surface area contributed by atoms with Crippen LogP contribution in [0.15, 0.2) is 53.0 Å². The Morgan fingerprint density at radius 1 is 0.889 bits per heavy atom. The third-order valence-electron chi connectivity index (χ3n) is 2.68. The first-order chi connectivity index (χ1) is 8.78. The third-order valence-corrected chi connectivity index (χ3v) is 3.21. The Balaban J connectivity index is 1.82. The lowest BCUT2D eigenvalue weighted by molar-refractivity contribution is 0.282. The van der Waals surface area contributed by atoms with Crippen LogP contribution in [-0.2, 0) is 13.0 Å². The highest BCUT2D eigenvalue weighted by Gasteiger charge is 1.96. The summed E-state index contributed by atoms with van der Waals surface area (Å²) < 4.78 is 6.70. The summed E-state index contributed by atoms with van der Waals surface area (Å²) in [6.45, 7) is 0.746. The second-order valence-electron chi connectivity index (χ2n) is 4.03. The van der Waals surface area contributed by atoms with E-state index in [-0.39, 0.29) is 6.61 Å². The van der Waals surface area contributed by atoms with Crippen molar-refractivity contribution in [1.82, 2.24) is 0 Å². The van der Waals surface area contributed by atoms with Gasteiger partial charge in [0.15, 0.2) is 0 Å². The average molecular weight is 307 g/mol. The minimum absolute atomic E-state index is 0.0929. The number of aliphatic hydroxyl groups is 1. The van der Waals surface area contributed by atoms with E-state index in [9.17, 15) is 0 Å². The summed E-state index contributed by atoms with van der Waals surface area (Å²) >= 11 is 3.39. The first kappa shape index (κ1) is 13.1. The Kier molecular flexibility index (Phi) is 4.79. The molecule has 2 nitrogen and oxygen atoms in total. The number of ether oxygens (including phenoxy) is 1. The van der Waals surface area contributed by atoms with Crippen molar-refractivity contribution in [3.8, 4) is 5.75 Å². The van der Waals surface area contributed by atoms with Gasteiger partial charge in [0.1, 0.15) is 5.75 Å². The van der Waals surface area contributed by atoms with Gasteiger partial charge < -0.3 is 9.84 Å². The summed E-state index contributed by atoms with van der Waals surface area (Å²) in [5, 5.41) is 8.95. The Labute approximate surface area is 115 Å². The molecule has 0 aliphatic carbocycles. The fourth-order valence-electron chi connectivity index (χ4n) is 1.63. The van der Waals surface area contributed by atoms with Crippen molar-refractivity contribution in [2.24, 2.45) is 0 Å². The fraction of sp³-hybridized carbons (Fsp3) is 0.200. The van der Waals surface area contributed by atoms with Gasteiger partial charge in [-0.25, -0.2) is 0 Å². The maximum atomic E-state index is 8.95. The van der Waals surface area contributed by atoms with E-state index in [0.29, 0.717) is 6.61 Å². The van der Waals surface area contributed by atoms with Crippen LogP contribution in [-0.4, -0.2) is 11.7 Å². The number of benzene rings is 2. The molecule has 1 N–H and O–H groups in total. The minimum Gasteiger partial charge on any atom is -0.493 e. The van der Waals surface area contributed by atoms with E-state index in [1.807, 2.05) is 48.5 Å². The van der Waals surface area contributed by atoms with Crippen LogP contribution in [0.5, 0.6) is 5.75 Å². The third kappa shape index (κ3) is 3.86. The molecular weight excluding hydrogens is 292 g/mol. The number of hydrogen-bond donors (Lipinski definition) is 1. The van der Waals surface area contributed by atoms with Gasteiger partial charge >= 0.3 is 0 Å². The summed E-state index contributed by atoms with van der Waals surface area (Å²) in [5.41, 5.74) is 2.15. The van der Waals surface area contributed by atoms with Gasteiger partial charge in [0.2, 0.25) is 0 Å². The van der Waals surface area contributed by atoms with Crippen molar-refractivity contribution in [3.05, 3.63) is 64.1 Å². The van der Waals surface area contributed by atoms with Crippen molar-refractivity contribution in [1.29, 1.82) is 0 Å². The van der Waals surface area contributed by atoms with E-state index in [0.717, 1.165) is 22.2 Å². The van der Waals surface area contributed by atoms with Crippen molar-refractivity contribution in [2.75, 3.05) is 6.61 Å². The van der Waals surface area contributed by atoms with Crippen molar-refractivity contribution < 1.29 is 9.84 Å². The zero-order valence-corrected chi connectivity index (χ0v) is 11.6. The van der Waals surface area contributed by atoms with E-state index >= 15 is 0 Å². The van der Waals surface area contributed by atoms with Crippen LogP contribution in [0.4, 0.5) is 0 Å². The molecule has 0 saturated carbocycles. The van der Waals surface area contributed by atoms with Crippen LogP contribution in [0.2, 0.25) is 0 Å². The van der Waals surface area contributed by atoms with Gasteiger partial charge in [-0.3, -0.25) is 0 Å². The zero-order valence-electron chi connectivity index (χ0n) is 9.97. The van der Waals surface area contributed by atoms with Crippen LogP contribution in [0.25, 0.3) is 0 Å². The Morgan fingerprint density at radius 3 is 2.11 bits per heavy atom. The first-order valence-corrected chi connectivity index (χ1v) is 6.64. The molecule has 0 radical (unpaired) electrons. The molecule has 0 spiro atoms. The van der Waals surface area contributed by atoms with E-state index in [1.165, 1.54) is 5.56 Å². The molecule has 2 aromatic rings. The molecule has 0 aromatic heterocycles. The van der Waals surface area contributed by atoms with Gasteiger partial charge in [0.25, 0.3) is 0 Å². The zero-order chi connectivity index (χ0) is 12.8. The molecular formula is C15H15BrO2. The van der Waals surface area contributed by atoms with E-state index < -0.39 is 0 Å². The molecule has 18 heavy (non-hydrogen) atoms. The van der Waals surface area contributed by atoms with E-state index in [4.69, 9.17) is 9.84 Å². The van der Waals surface area contributed by atoms with Crippen LogP contribution in [0, 0.1) is 0 Å². The molecule has 0 amide bonds. The number of aliphatic hydroxyl groups excluding tert-OH is 1. The maximum absolute atomic E-state index is 8.95. The topological polar surface area (TPSA) is 29.5 Å². The molecule has 2 rings (SSSR count). The second-order valence-corrected chi connectivity index (χ2v) is 4.94. The van der Waals surface area contributed by atoms with Crippen LogP contribution >= 0.6 is 15.9 Å². The first-order valence-electron chi connectivity index (χ1n) is 5.85. The molecule has 0 unspecified atom stereocenters. The Bertz CT molecular complexity index is 477. The minimum atomic E-state index is 0.0929. The molecule has 3 heteroatoms. The lowest BCUT2D eigenvalue weighted by atomic mass is 10.1. The van der Waals surface area contributed by atoms with Crippen LogP contribution in [0.1, 0.15) is 11.1 Å². The lowest BCUT2D eigenvalue weighted by Gasteiger charge is -2.06. The van der Waals surface area contributed by atoms with Crippen LogP contribution < -0.4 is 4.74 Å². The second kappa shape index (κ2) is 6.57. The molecule has 0 bridgehead atoms. The molecule has 0 aliphatic rings. The van der Waals surface area contributed by atoms with Crippen LogP contribution in [0.3, 0.4) is 0 Å². The summed E-state index contributed by atoms with van der Waals surface area (Å²) in [4.78, 5) is 0. The number of halogens is 1. The Morgan fingerprint density at radius 2 is 1.50 bits per heavy atom. The van der Waals surface area contributed by atoms with Gasteiger partial charge in [-0.1, -0.05) is 40.2 Å². The van der Waals surface area contributed by atoms with Gasteiger partial charge in [0.05, 0.1) is 13.2 Å². The normalized spacial score (nSPS) is 10.3. The SMILES string of the molecule is OCc1ccc(CCOc2ccc(Br)cc2)cc1.